The van der Waals surface area contributed by atoms with Crippen molar-refractivity contribution in [2.24, 2.45) is 5.41 Å². The summed E-state index contributed by atoms with van der Waals surface area (Å²) in [6.07, 6.45) is 2.36. The molecule has 2 aliphatic rings. The molecule has 0 radical (unpaired) electrons. The van der Waals surface area contributed by atoms with Crippen molar-refractivity contribution >= 4 is 10.9 Å². The van der Waals surface area contributed by atoms with Crippen LogP contribution in [0.4, 0.5) is 0 Å². The molecule has 0 N–H and O–H groups in total. The van der Waals surface area contributed by atoms with E-state index in [1.165, 1.54) is 29.5 Å². The molecular weight excluding hydrogens is 268 g/mol. The van der Waals surface area contributed by atoms with Crippen molar-refractivity contribution in [3.8, 4) is 0 Å². The highest BCUT2D eigenvalue weighted by Crippen LogP contribution is 2.64. The fourth-order valence-corrected chi connectivity index (χ4v) is 5.05. The summed E-state index contributed by atoms with van der Waals surface area (Å²) in [7, 11) is 2.26. The van der Waals surface area contributed by atoms with Gasteiger partial charge in [0, 0.05) is 34.5 Å². The summed E-state index contributed by atoms with van der Waals surface area (Å²) < 4.78 is 0. The van der Waals surface area contributed by atoms with Gasteiger partial charge in [0.15, 0.2) is 0 Å². The Labute approximate surface area is 133 Å². The lowest BCUT2D eigenvalue weighted by Crippen LogP contribution is -2.78. The van der Waals surface area contributed by atoms with E-state index in [4.69, 9.17) is 4.98 Å². The molecule has 2 fully saturated rings. The zero-order valence-electron chi connectivity index (χ0n) is 14.4. The van der Waals surface area contributed by atoms with Crippen LogP contribution in [0, 0.1) is 12.3 Å². The lowest BCUT2D eigenvalue weighted by atomic mass is 9.41. The van der Waals surface area contributed by atoms with Gasteiger partial charge >= 0.3 is 0 Å². The fourth-order valence-electron chi connectivity index (χ4n) is 5.05. The van der Waals surface area contributed by atoms with E-state index in [1.54, 1.807) is 0 Å². The number of aryl methyl sites for hydroxylation is 2. The third kappa shape index (κ3) is 1.57. The smallest absolute Gasteiger partial charge is 0.0708 e. The largest absolute Gasteiger partial charge is 0.302 e. The molecule has 1 aliphatic heterocycles. The molecule has 2 unspecified atom stereocenters. The molecule has 1 aliphatic carbocycles. The van der Waals surface area contributed by atoms with E-state index in [0.717, 1.165) is 23.7 Å². The first-order chi connectivity index (χ1) is 10.4. The highest BCUT2D eigenvalue weighted by molar-refractivity contribution is 5.83. The van der Waals surface area contributed by atoms with Gasteiger partial charge in [-0.1, -0.05) is 26.8 Å². The van der Waals surface area contributed by atoms with Crippen LogP contribution in [-0.4, -0.2) is 29.5 Å². The minimum Gasteiger partial charge on any atom is -0.302 e. The van der Waals surface area contributed by atoms with E-state index in [2.05, 4.69) is 63.9 Å². The Morgan fingerprint density at radius 1 is 1.27 bits per heavy atom. The molecule has 0 amide bonds. The molecule has 4 rings (SSSR count). The molecule has 0 spiro atoms. The second-order valence-corrected chi connectivity index (χ2v) is 7.89. The van der Waals surface area contributed by atoms with Crippen LogP contribution in [0.1, 0.15) is 44.0 Å². The maximum absolute atomic E-state index is 4.72. The van der Waals surface area contributed by atoms with E-state index in [9.17, 15) is 0 Å². The van der Waals surface area contributed by atoms with Gasteiger partial charge < -0.3 is 4.90 Å². The second-order valence-electron chi connectivity index (χ2n) is 7.89. The van der Waals surface area contributed by atoms with Gasteiger partial charge in [-0.05, 0) is 56.1 Å². The van der Waals surface area contributed by atoms with Crippen molar-refractivity contribution < 1.29 is 0 Å². The van der Waals surface area contributed by atoms with E-state index in [-0.39, 0.29) is 0 Å². The third-order valence-electron chi connectivity index (χ3n) is 6.75. The Bertz CT molecular complexity index is 766. The Morgan fingerprint density at radius 2 is 2.05 bits per heavy atom. The number of rotatable bonds is 2. The van der Waals surface area contributed by atoms with Crippen LogP contribution in [0.5, 0.6) is 0 Å². The van der Waals surface area contributed by atoms with Gasteiger partial charge in [0.2, 0.25) is 0 Å². The minimum atomic E-state index is 0.314. The van der Waals surface area contributed by atoms with Gasteiger partial charge in [0.1, 0.15) is 0 Å². The lowest BCUT2D eigenvalue weighted by molar-refractivity contribution is -0.189. The number of hydrogen-bond acceptors (Lipinski definition) is 2. The molecule has 1 aromatic heterocycles. The number of hydrogen-bond donors (Lipinski definition) is 0. The van der Waals surface area contributed by atoms with Gasteiger partial charge in [-0.15, -0.1) is 0 Å². The highest BCUT2D eigenvalue weighted by atomic mass is 15.3. The Balaban J connectivity index is 1.82. The lowest BCUT2D eigenvalue weighted by Gasteiger charge is -2.73. The van der Waals surface area contributed by atoms with Gasteiger partial charge in [0.25, 0.3) is 0 Å². The van der Waals surface area contributed by atoms with Crippen LogP contribution in [0.25, 0.3) is 10.9 Å². The zero-order chi connectivity index (χ0) is 15.7. The number of fused-ring (bicyclic) bond motifs is 2. The van der Waals surface area contributed by atoms with E-state index < -0.39 is 0 Å². The Morgan fingerprint density at radius 3 is 2.64 bits per heavy atom. The van der Waals surface area contributed by atoms with Gasteiger partial charge in [-0.2, -0.15) is 0 Å². The number of aromatic nitrogens is 1. The quantitative estimate of drug-likeness (QED) is 0.829. The summed E-state index contributed by atoms with van der Waals surface area (Å²) in [6.45, 7) is 10.5. The first-order valence-corrected chi connectivity index (χ1v) is 8.50. The average molecular weight is 294 g/mol. The fraction of sp³-hybridized carbons (Fsp3) is 0.550. The molecule has 1 saturated carbocycles. The number of nitrogens with zero attached hydrogens (tertiary/aromatic N) is 2. The third-order valence-corrected chi connectivity index (χ3v) is 6.75. The van der Waals surface area contributed by atoms with Crippen LogP contribution in [-0.2, 0) is 11.8 Å². The zero-order valence-corrected chi connectivity index (χ0v) is 14.4. The highest BCUT2D eigenvalue weighted by Gasteiger charge is 2.67. The Kier molecular flexibility index (Phi) is 2.79. The van der Waals surface area contributed by atoms with Crippen LogP contribution in [0.2, 0.25) is 0 Å². The molecule has 2 nitrogen and oxygen atoms in total. The maximum atomic E-state index is 4.72. The summed E-state index contributed by atoms with van der Waals surface area (Å²) in [6, 6.07) is 10.0. The predicted molar refractivity (Wildman–Crippen MR) is 92.4 cm³/mol. The Hall–Kier alpha value is -1.41. The maximum Gasteiger partial charge on any atom is 0.0708 e. The standard InChI is InChI=1S/C20H26N2/c1-6-14-9-13(2)21-17-8-7-15(10-16(14)17)19(3)11-18-20(19,4)12-22(18)5/h7-10,18H,6,11-12H2,1-5H3/t18?,19?,20-/m1/s1. The SMILES string of the molecule is CCc1cc(C)nc2ccc(C3(C)CC4N(C)C[C@]43C)cc12. The summed E-state index contributed by atoms with van der Waals surface area (Å²) >= 11 is 0. The van der Waals surface area contributed by atoms with Crippen molar-refractivity contribution in [1.82, 2.24) is 9.88 Å². The number of piperidine rings is 1. The van der Waals surface area contributed by atoms with Crippen LogP contribution < -0.4 is 0 Å². The molecule has 2 heterocycles. The molecule has 116 valence electrons. The molecular formula is C20H26N2. The monoisotopic (exact) mass is 294 g/mol. The normalized spacial score (nSPS) is 34.1. The number of pyridine rings is 1. The topological polar surface area (TPSA) is 16.1 Å². The van der Waals surface area contributed by atoms with Crippen molar-refractivity contribution in [1.29, 1.82) is 0 Å². The summed E-state index contributed by atoms with van der Waals surface area (Å²) in [5.74, 6) is 0. The van der Waals surface area contributed by atoms with Gasteiger partial charge in [-0.25, -0.2) is 0 Å². The van der Waals surface area contributed by atoms with Crippen LogP contribution in [0.15, 0.2) is 24.3 Å². The van der Waals surface area contributed by atoms with Crippen molar-refractivity contribution in [2.45, 2.75) is 52.0 Å². The van der Waals surface area contributed by atoms with Crippen LogP contribution >= 0.6 is 0 Å². The van der Waals surface area contributed by atoms with Gasteiger partial charge in [0.05, 0.1) is 5.52 Å². The molecule has 2 aromatic rings. The molecule has 2 heteroatoms. The molecule has 3 atom stereocenters. The van der Waals surface area contributed by atoms with Crippen molar-refractivity contribution in [3.63, 3.8) is 0 Å². The molecule has 0 bridgehead atoms. The van der Waals surface area contributed by atoms with Crippen molar-refractivity contribution in [2.75, 3.05) is 13.6 Å². The summed E-state index contributed by atoms with van der Waals surface area (Å²) in [5.41, 5.74) is 5.97. The number of likely N-dealkylation sites (tertiary alicyclic amines) is 1. The van der Waals surface area contributed by atoms with E-state index >= 15 is 0 Å². The average Bonchev–Trinajstić information content (AvgIpc) is 2.50. The van der Waals surface area contributed by atoms with Crippen molar-refractivity contribution in [3.05, 3.63) is 41.1 Å². The van der Waals surface area contributed by atoms with E-state index in [0.29, 0.717) is 10.8 Å². The van der Waals surface area contributed by atoms with Crippen LogP contribution in [0.3, 0.4) is 0 Å². The van der Waals surface area contributed by atoms with Gasteiger partial charge in [-0.3, -0.25) is 4.98 Å². The summed E-state index contributed by atoms with van der Waals surface area (Å²) in [5, 5.41) is 1.35. The molecule has 1 aromatic carbocycles. The minimum absolute atomic E-state index is 0.314. The predicted octanol–water partition coefficient (Wildman–Crippen LogP) is 4.09. The van der Waals surface area contributed by atoms with E-state index in [1.807, 2.05) is 0 Å². The first-order valence-electron chi connectivity index (χ1n) is 8.50. The second kappa shape index (κ2) is 4.32. The first kappa shape index (κ1) is 14.2. The molecule has 1 saturated heterocycles. The summed E-state index contributed by atoms with van der Waals surface area (Å²) in [4.78, 5) is 7.23. The number of benzene rings is 1. The molecule has 22 heavy (non-hydrogen) atoms.